The van der Waals surface area contributed by atoms with Crippen LogP contribution in [0.1, 0.15) is 37.2 Å². The van der Waals surface area contributed by atoms with Gasteiger partial charge < -0.3 is 10.6 Å². The Balaban J connectivity index is 1.56. The van der Waals surface area contributed by atoms with E-state index in [9.17, 15) is 13.6 Å². The highest BCUT2D eigenvalue weighted by Gasteiger charge is 2.46. The maximum absolute atomic E-state index is 14.3. The Kier molecular flexibility index (Phi) is 4.96. The van der Waals surface area contributed by atoms with E-state index in [1.54, 1.807) is 6.07 Å². The van der Waals surface area contributed by atoms with Gasteiger partial charge in [-0.3, -0.25) is 4.79 Å². The van der Waals surface area contributed by atoms with Crippen molar-refractivity contribution >= 4 is 5.91 Å². The lowest BCUT2D eigenvalue weighted by Gasteiger charge is -2.21. The SMILES string of the molecule is NC1CCCN(C(=O)C2CC2c2ccccc2-c2cc(F)ccc2F)CC1. The Labute approximate surface area is 158 Å². The van der Waals surface area contributed by atoms with Crippen molar-refractivity contribution in [2.75, 3.05) is 13.1 Å². The van der Waals surface area contributed by atoms with Gasteiger partial charge in [0, 0.05) is 30.6 Å². The summed E-state index contributed by atoms with van der Waals surface area (Å²) in [7, 11) is 0. The average molecular weight is 370 g/mol. The van der Waals surface area contributed by atoms with E-state index in [4.69, 9.17) is 5.73 Å². The minimum atomic E-state index is -0.467. The van der Waals surface area contributed by atoms with Crippen LogP contribution >= 0.6 is 0 Å². The van der Waals surface area contributed by atoms with E-state index in [2.05, 4.69) is 0 Å². The molecule has 2 aliphatic rings. The minimum absolute atomic E-state index is 0.0632. The third kappa shape index (κ3) is 3.74. The number of benzene rings is 2. The summed E-state index contributed by atoms with van der Waals surface area (Å²) in [4.78, 5) is 14.9. The summed E-state index contributed by atoms with van der Waals surface area (Å²) in [6, 6.07) is 11.1. The third-order valence-electron chi connectivity index (χ3n) is 5.77. The quantitative estimate of drug-likeness (QED) is 0.885. The van der Waals surface area contributed by atoms with E-state index in [0.29, 0.717) is 12.1 Å². The summed E-state index contributed by atoms with van der Waals surface area (Å²) in [6.45, 7) is 1.47. The second kappa shape index (κ2) is 7.39. The molecule has 0 aromatic heterocycles. The van der Waals surface area contributed by atoms with Gasteiger partial charge in [0.25, 0.3) is 0 Å². The molecule has 0 spiro atoms. The van der Waals surface area contributed by atoms with Crippen LogP contribution in [0.2, 0.25) is 0 Å². The standard InChI is InChI=1S/C22H24F2N2O/c23-14-7-8-21(24)19(12-14)17-6-2-1-5-16(17)18-13-20(18)22(27)26-10-3-4-15(25)9-11-26/h1-2,5-8,12,15,18,20H,3-4,9-11,13,25H2. The molecule has 1 saturated heterocycles. The normalized spacial score (nSPS) is 25.1. The predicted octanol–water partition coefficient (Wildman–Crippen LogP) is 4.08. The molecule has 3 unspecified atom stereocenters. The van der Waals surface area contributed by atoms with Crippen LogP contribution < -0.4 is 5.73 Å². The van der Waals surface area contributed by atoms with Crippen LogP contribution in [0.5, 0.6) is 0 Å². The van der Waals surface area contributed by atoms with Crippen molar-refractivity contribution in [3.8, 4) is 11.1 Å². The van der Waals surface area contributed by atoms with Gasteiger partial charge in [-0.25, -0.2) is 8.78 Å². The first-order chi connectivity index (χ1) is 13.0. The molecule has 1 aliphatic heterocycles. The number of rotatable bonds is 3. The predicted molar refractivity (Wildman–Crippen MR) is 101 cm³/mol. The maximum atomic E-state index is 14.3. The molecule has 1 amide bonds. The Hall–Kier alpha value is -2.27. The molecule has 3 nitrogen and oxygen atoms in total. The Morgan fingerprint density at radius 3 is 2.70 bits per heavy atom. The smallest absolute Gasteiger partial charge is 0.226 e. The Morgan fingerprint density at radius 2 is 1.85 bits per heavy atom. The molecule has 3 atom stereocenters. The van der Waals surface area contributed by atoms with Crippen LogP contribution in [0.3, 0.4) is 0 Å². The van der Waals surface area contributed by atoms with E-state index in [0.717, 1.165) is 49.9 Å². The summed E-state index contributed by atoms with van der Waals surface area (Å²) in [6.07, 6.45) is 3.50. The zero-order valence-corrected chi connectivity index (χ0v) is 15.2. The molecule has 2 aromatic rings. The van der Waals surface area contributed by atoms with Gasteiger partial charge in [-0.2, -0.15) is 0 Å². The minimum Gasteiger partial charge on any atom is -0.342 e. The number of halogens is 2. The van der Waals surface area contributed by atoms with E-state index in [-0.39, 0.29) is 29.3 Å². The molecular formula is C22H24F2N2O. The van der Waals surface area contributed by atoms with Crippen molar-refractivity contribution in [3.05, 3.63) is 59.7 Å². The first kappa shape index (κ1) is 18.1. The van der Waals surface area contributed by atoms with Crippen LogP contribution in [0.15, 0.2) is 42.5 Å². The number of hydrogen-bond acceptors (Lipinski definition) is 2. The van der Waals surface area contributed by atoms with Gasteiger partial charge in [0.15, 0.2) is 0 Å². The van der Waals surface area contributed by atoms with Crippen LogP contribution in [-0.4, -0.2) is 29.9 Å². The molecule has 1 aliphatic carbocycles. The molecule has 0 bridgehead atoms. The summed E-state index contributed by atoms with van der Waals surface area (Å²) < 4.78 is 28.0. The Bertz CT molecular complexity index is 854. The zero-order valence-electron chi connectivity index (χ0n) is 15.2. The first-order valence-electron chi connectivity index (χ1n) is 9.63. The summed E-state index contributed by atoms with van der Waals surface area (Å²) in [5.74, 6) is -0.756. The van der Waals surface area contributed by atoms with Gasteiger partial charge in [0.1, 0.15) is 11.6 Å². The number of amides is 1. The van der Waals surface area contributed by atoms with Crippen LogP contribution in [0.25, 0.3) is 11.1 Å². The van der Waals surface area contributed by atoms with E-state index >= 15 is 0 Å². The maximum Gasteiger partial charge on any atom is 0.226 e. The third-order valence-corrected chi connectivity index (χ3v) is 5.77. The van der Waals surface area contributed by atoms with Gasteiger partial charge in [-0.15, -0.1) is 0 Å². The highest BCUT2D eigenvalue weighted by molar-refractivity contribution is 5.84. The lowest BCUT2D eigenvalue weighted by molar-refractivity contribution is -0.132. The lowest BCUT2D eigenvalue weighted by atomic mass is 9.95. The summed E-state index contributed by atoms with van der Waals surface area (Å²) >= 11 is 0. The highest BCUT2D eigenvalue weighted by Crippen LogP contribution is 2.51. The van der Waals surface area contributed by atoms with Crippen LogP contribution in [0.4, 0.5) is 8.78 Å². The second-order valence-electron chi connectivity index (χ2n) is 7.68. The molecule has 142 valence electrons. The fourth-order valence-corrected chi connectivity index (χ4v) is 4.16. The fraction of sp³-hybridized carbons (Fsp3) is 0.409. The highest BCUT2D eigenvalue weighted by atomic mass is 19.1. The van der Waals surface area contributed by atoms with Crippen molar-refractivity contribution in [2.45, 2.75) is 37.6 Å². The molecular weight excluding hydrogens is 346 g/mol. The van der Waals surface area contributed by atoms with Gasteiger partial charge >= 0.3 is 0 Å². The molecule has 2 N–H and O–H groups in total. The van der Waals surface area contributed by atoms with Crippen LogP contribution in [-0.2, 0) is 4.79 Å². The van der Waals surface area contributed by atoms with Crippen molar-refractivity contribution < 1.29 is 13.6 Å². The van der Waals surface area contributed by atoms with Gasteiger partial charge in [0.2, 0.25) is 5.91 Å². The van der Waals surface area contributed by atoms with E-state index < -0.39 is 11.6 Å². The molecule has 0 radical (unpaired) electrons. The molecule has 27 heavy (non-hydrogen) atoms. The molecule has 4 rings (SSSR count). The number of carbonyl (C=O) groups excluding carboxylic acids is 1. The number of nitrogens with zero attached hydrogens (tertiary/aromatic N) is 1. The van der Waals surface area contributed by atoms with Gasteiger partial charge in [0.05, 0.1) is 0 Å². The fourth-order valence-electron chi connectivity index (χ4n) is 4.16. The zero-order chi connectivity index (χ0) is 19.0. The lowest BCUT2D eigenvalue weighted by Crippen LogP contribution is -2.34. The largest absolute Gasteiger partial charge is 0.342 e. The first-order valence-corrected chi connectivity index (χ1v) is 9.63. The molecule has 5 heteroatoms. The second-order valence-corrected chi connectivity index (χ2v) is 7.68. The van der Waals surface area contributed by atoms with Crippen molar-refractivity contribution in [3.63, 3.8) is 0 Å². The molecule has 1 saturated carbocycles. The number of likely N-dealkylation sites (tertiary alicyclic amines) is 1. The average Bonchev–Trinajstić information content (AvgIpc) is 3.48. The Morgan fingerprint density at radius 1 is 1.04 bits per heavy atom. The monoisotopic (exact) mass is 370 g/mol. The molecule has 2 fully saturated rings. The molecule has 1 heterocycles. The topological polar surface area (TPSA) is 46.3 Å². The summed E-state index contributed by atoms with van der Waals surface area (Å²) in [5, 5.41) is 0. The van der Waals surface area contributed by atoms with Crippen molar-refractivity contribution in [1.82, 2.24) is 4.90 Å². The van der Waals surface area contributed by atoms with Crippen LogP contribution in [0, 0.1) is 17.6 Å². The number of hydrogen-bond donors (Lipinski definition) is 1. The summed E-state index contributed by atoms with van der Waals surface area (Å²) in [5.41, 5.74) is 7.86. The number of carbonyl (C=O) groups is 1. The molecule has 2 aromatic carbocycles. The van der Waals surface area contributed by atoms with Crippen molar-refractivity contribution in [1.29, 1.82) is 0 Å². The van der Waals surface area contributed by atoms with Crippen molar-refractivity contribution in [2.24, 2.45) is 11.7 Å². The van der Waals surface area contributed by atoms with E-state index in [1.807, 2.05) is 23.1 Å². The van der Waals surface area contributed by atoms with Gasteiger partial charge in [-0.05, 0) is 60.9 Å². The number of nitrogens with two attached hydrogens (primary N) is 1. The van der Waals surface area contributed by atoms with Gasteiger partial charge in [-0.1, -0.05) is 24.3 Å². The van der Waals surface area contributed by atoms with E-state index in [1.165, 1.54) is 6.07 Å².